The number of aliphatic carboxylic acids is 1. The third-order valence-electron chi connectivity index (χ3n) is 5.98. The fourth-order valence-electron chi connectivity index (χ4n) is 4.20. The zero-order valence-electron chi connectivity index (χ0n) is 17.8. The quantitative estimate of drug-likeness (QED) is 0.729. The first-order valence-electron chi connectivity index (χ1n) is 9.96. The summed E-state index contributed by atoms with van der Waals surface area (Å²) in [6.45, 7) is 1.88. The summed E-state index contributed by atoms with van der Waals surface area (Å²) in [6.07, 6.45) is 7.75. The van der Waals surface area contributed by atoms with E-state index in [9.17, 15) is 14.7 Å². The Labute approximate surface area is 179 Å². The van der Waals surface area contributed by atoms with E-state index in [0.717, 1.165) is 5.56 Å². The van der Waals surface area contributed by atoms with Crippen LogP contribution >= 0.6 is 0 Å². The minimum Gasteiger partial charge on any atom is -0.493 e. The first-order chi connectivity index (χ1) is 14.9. The second kappa shape index (κ2) is 7.61. The molecule has 1 aromatic heterocycles. The van der Waals surface area contributed by atoms with E-state index in [2.05, 4.69) is 4.98 Å². The molecule has 0 saturated heterocycles. The maximum Gasteiger partial charge on any atom is 0.315 e. The molecule has 2 aromatic rings. The molecule has 31 heavy (non-hydrogen) atoms. The Hall–Kier alpha value is -3.55. The molecule has 1 fully saturated rings. The second-order valence-electron chi connectivity index (χ2n) is 7.52. The van der Waals surface area contributed by atoms with Crippen LogP contribution < -0.4 is 19.8 Å². The standard InChI is InChI=1S/C23H24N2O6/c1-5-14-15(8-6-13-7-9-16(29-2)20(31-4)19(13)30-3)24-18-10-11-23(22(27)28)12-17(23)25(18)21(14)26/h6-11,17H,5,12H2,1-4H3,(H,27,28)/b8-6+. The van der Waals surface area contributed by atoms with Crippen LogP contribution in [0.3, 0.4) is 0 Å². The molecule has 8 nitrogen and oxygen atoms in total. The number of nitrogens with zero attached hydrogens (tertiary/aromatic N) is 2. The van der Waals surface area contributed by atoms with Crippen LogP contribution in [0, 0.1) is 5.41 Å². The Morgan fingerprint density at radius 3 is 2.58 bits per heavy atom. The second-order valence-corrected chi connectivity index (χ2v) is 7.52. The summed E-state index contributed by atoms with van der Waals surface area (Å²) in [7, 11) is 4.64. The number of hydrogen-bond acceptors (Lipinski definition) is 6. The van der Waals surface area contributed by atoms with Crippen molar-refractivity contribution in [3.63, 3.8) is 0 Å². The molecule has 0 amide bonds. The molecule has 1 aliphatic carbocycles. The first-order valence-corrected chi connectivity index (χ1v) is 9.96. The summed E-state index contributed by atoms with van der Waals surface area (Å²) in [6, 6.07) is 3.23. The van der Waals surface area contributed by atoms with E-state index in [0.29, 0.717) is 47.2 Å². The number of carboxylic acids is 1. The molecular weight excluding hydrogens is 400 g/mol. The summed E-state index contributed by atoms with van der Waals surface area (Å²) in [5, 5.41) is 9.55. The number of rotatable bonds is 7. The van der Waals surface area contributed by atoms with Crippen molar-refractivity contribution in [2.45, 2.75) is 25.8 Å². The normalized spacial score (nSPS) is 20.8. The third-order valence-corrected chi connectivity index (χ3v) is 5.98. The van der Waals surface area contributed by atoms with Gasteiger partial charge in [-0.05, 0) is 43.2 Å². The van der Waals surface area contributed by atoms with Gasteiger partial charge in [-0.15, -0.1) is 0 Å². The molecule has 2 aliphatic rings. The Balaban J connectivity index is 1.78. The highest BCUT2D eigenvalue weighted by atomic mass is 16.5. The van der Waals surface area contributed by atoms with Crippen LogP contribution in [0.1, 0.15) is 42.0 Å². The largest absolute Gasteiger partial charge is 0.493 e. The van der Waals surface area contributed by atoms with Crippen molar-refractivity contribution in [1.29, 1.82) is 0 Å². The lowest BCUT2D eigenvalue weighted by molar-refractivity contribution is -0.141. The minimum atomic E-state index is -0.978. The maximum atomic E-state index is 13.2. The number of methoxy groups -OCH3 is 3. The molecule has 8 heteroatoms. The molecule has 4 rings (SSSR count). The van der Waals surface area contributed by atoms with Crippen LogP contribution in [0.5, 0.6) is 17.2 Å². The maximum absolute atomic E-state index is 13.2. The van der Waals surface area contributed by atoms with Gasteiger partial charge in [0.1, 0.15) is 11.2 Å². The van der Waals surface area contributed by atoms with Crippen molar-refractivity contribution in [2.75, 3.05) is 21.3 Å². The smallest absolute Gasteiger partial charge is 0.315 e. The fraction of sp³-hybridized carbons (Fsp3) is 0.348. The highest BCUT2D eigenvalue weighted by molar-refractivity contribution is 5.84. The average molecular weight is 424 g/mol. The van der Waals surface area contributed by atoms with Gasteiger partial charge in [0.2, 0.25) is 5.75 Å². The van der Waals surface area contributed by atoms with Gasteiger partial charge in [-0.1, -0.05) is 13.0 Å². The Morgan fingerprint density at radius 2 is 1.97 bits per heavy atom. The molecule has 162 valence electrons. The summed E-state index contributed by atoms with van der Waals surface area (Å²) in [5.74, 6) is 1.10. The van der Waals surface area contributed by atoms with Gasteiger partial charge in [-0.2, -0.15) is 0 Å². The van der Waals surface area contributed by atoms with Crippen molar-refractivity contribution in [3.8, 4) is 17.2 Å². The monoisotopic (exact) mass is 424 g/mol. The van der Waals surface area contributed by atoms with E-state index >= 15 is 0 Å². The van der Waals surface area contributed by atoms with Gasteiger partial charge < -0.3 is 19.3 Å². The minimum absolute atomic E-state index is 0.191. The van der Waals surface area contributed by atoms with Crippen molar-refractivity contribution >= 4 is 24.2 Å². The molecule has 2 unspecified atom stereocenters. The lowest BCUT2D eigenvalue weighted by Crippen LogP contribution is -2.32. The van der Waals surface area contributed by atoms with Crippen LogP contribution in [-0.2, 0) is 11.2 Å². The molecular formula is C23H24N2O6. The summed E-state index contributed by atoms with van der Waals surface area (Å²) >= 11 is 0. The Morgan fingerprint density at radius 1 is 1.23 bits per heavy atom. The highest BCUT2D eigenvalue weighted by Gasteiger charge is 2.62. The number of ether oxygens (including phenoxy) is 3. The number of fused-ring (bicyclic) bond motifs is 3. The Bertz CT molecular complexity index is 1180. The summed E-state index contributed by atoms with van der Waals surface area (Å²) in [5.41, 5.74) is 0.659. The SMILES string of the molecule is CCc1c(/C=C/c2ccc(OC)c(OC)c2OC)nc2n(c1=O)C1CC1(C(=O)O)C=C2. The Kier molecular flexibility index (Phi) is 5.08. The van der Waals surface area contributed by atoms with Gasteiger partial charge in [-0.3, -0.25) is 14.2 Å². The van der Waals surface area contributed by atoms with Gasteiger partial charge in [0.15, 0.2) is 11.5 Å². The third kappa shape index (κ3) is 3.10. The topological polar surface area (TPSA) is 99.9 Å². The molecule has 1 aliphatic heterocycles. The van der Waals surface area contributed by atoms with E-state index in [1.54, 1.807) is 38.5 Å². The van der Waals surface area contributed by atoms with Crippen molar-refractivity contribution in [1.82, 2.24) is 9.55 Å². The van der Waals surface area contributed by atoms with E-state index in [1.165, 1.54) is 11.7 Å². The van der Waals surface area contributed by atoms with Crippen LogP contribution in [0.25, 0.3) is 18.2 Å². The molecule has 1 N–H and O–H groups in total. The van der Waals surface area contributed by atoms with Gasteiger partial charge in [0.05, 0.1) is 33.1 Å². The van der Waals surface area contributed by atoms with Gasteiger partial charge in [0, 0.05) is 11.1 Å². The van der Waals surface area contributed by atoms with Gasteiger partial charge in [-0.25, -0.2) is 4.98 Å². The lowest BCUT2D eigenvalue weighted by Gasteiger charge is -2.19. The van der Waals surface area contributed by atoms with E-state index in [-0.39, 0.29) is 11.6 Å². The predicted molar refractivity (Wildman–Crippen MR) is 116 cm³/mol. The number of carbonyl (C=O) groups is 1. The van der Waals surface area contributed by atoms with Crippen LogP contribution in [-0.4, -0.2) is 42.0 Å². The summed E-state index contributed by atoms with van der Waals surface area (Å²) < 4.78 is 17.8. The van der Waals surface area contributed by atoms with Crippen molar-refractivity contribution in [3.05, 3.63) is 51.2 Å². The van der Waals surface area contributed by atoms with E-state index in [4.69, 9.17) is 14.2 Å². The lowest BCUT2D eigenvalue weighted by atomic mass is 10.0. The fourth-order valence-corrected chi connectivity index (χ4v) is 4.20. The van der Waals surface area contributed by atoms with Crippen LogP contribution in [0.4, 0.5) is 0 Å². The predicted octanol–water partition coefficient (Wildman–Crippen LogP) is 3.04. The van der Waals surface area contributed by atoms with E-state index < -0.39 is 11.4 Å². The molecule has 0 radical (unpaired) electrons. The average Bonchev–Trinajstić information content (AvgIpc) is 3.53. The number of carboxylic acid groups (broad SMARTS) is 1. The van der Waals surface area contributed by atoms with Gasteiger partial charge >= 0.3 is 5.97 Å². The summed E-state index contributed by atoms with van der Waals surface area (Å²) in [4.78, 5) is 29.5. The zero-order chi connectivity index (χ0) is 22.3. The van der Waals surface area contributed by atoms with Crippen molar-refractivity contribution < 1.29 is 24.1 Å². The molecule has 0 spiro atoms. The highest BCUT2D eigenvalue weighted by Crippen LogP contribution is 2.59. The molecule has 1 saturated carbocycles. The van der Waals surface area contributed by atoms with E-state index in [1.807, 2.05) is 19.1 Å². The molecule has 2 heterocycles. The first kappa shape index (κ1) is 20.7. The van der Waals surface area contributed by atoms with Crippen molar-refractivity contribution in [2.24, 2.45) is 5.41 Å². The van der Waals surface area contributed by atoms with Crippen LogP contribution in [0.15, 0.2) is 23.0 Å². The number of aromatic nitrogens is 2. The molecule has 0 bridgehead atoms. The van der Waals surface area contributed by atoms with Gasteiger partial charge in [0.25, 0.3) is 5.56 Å². The van der Waals surface area contributed by atoms with Crippen LogP contribution in [0.2, 0.25) is 0 Å². The number of benzene rings is 1. The molecule has 1 aromatic carbocycles. The molecule has 2 atom stereocenters. The number of hydrogen-bond donors (Lipinski definition) is 1. The zero-order valence-corrected chi connectivity index (χ0v) is 17.8.